The van der Waals surface area contributed by atoms with E-state index in [1.165, 1.54) is 0 Å². The Hall–Kier alpha value is -3.09. The Morgan fingerprint density at radius 2 is 2.04 bits per heavy atom. The van der Waals surface area contributed by atoms with Crippen LogP contribution in [-0.2, 0) is 6.42 Å². The molecule has 0 spiro atoms. The molecule has 0 bridgehead atoms. The van der Waals surface area contributed by atoms with Crippen molar-refractivity contribution in [1.82, 2.24) is 29.8 Å². The van der Waals surface area contributed by atoms with Crippen LogP contribution in [-0.4, -0.2) is 48.8 Å². The molecule has 3 aromatic rings. The number of amides is 1. The lowest BCUT2D eigenvalue weighted by Gasteiger charge is -2.32. The van der Waals surface area contributed by atoms with Crippen molar-refractivity contribution in [2.45, 2.75) is 19.3 Å². The van der Waals surface area contributed by atoms with Crippen molar-refractivity contribution in [2.24, 2.45) is 5.92 Å². The predicted molar refractivity (Wildman–Crippen MR) is 96.2 cm³/mol. The molecule has 1 saturated heterocycles. The molecule has 0 unspecified atom stereocenters. The third kappa shape index (κ3) is 3.61. The van der Waals surface area contributed by atoms with Crippen LogP contribution in [0.15, 0.2) is 49.3 Å². The van der Waals surface area contributed by atoms with Gasteiger partial charge in [-0.15, -0.1) is 0 Å². The average molecular weight is 348 g/mol. The molecule has 132 valence electrons. The highest BCUT2D eigenvalue weighted by Crippen LogP contribution is 2.22. The van der Waals surface area contributed by atoms with Gasteiger partial charge in [-0.05, 0) is 37.3 Å². The summed E-state index contributed by atoms with van der Waals surface area (Å²) < 4.78 is 0. The van der Waals surface area contributed by atoms with Crippen molar-refractivity contribution in [3.05, 3.63) is 60.6 Å². The van der Waals surface area contributed by atoms with Gasteiger partial charge in [0.1, 0.15) is 5.69 Å². The molecule has 1 aliphatic rings. The molecule has 7 nitrogen and oxygen atoms in total. The van der Waals surface area contributed by atoms with Gasteiger partial charge in [0.25, 0.3) is 5.91 Å². The molecule has 1 N–H and O–H groups in total. The molecule has 4 rings (SSSR count). The largest absolute Gasteiger partial charge is 0.343 e. The Bertz CT molecular complexity index is 848. The summed E-state index contributed by atoms with van der Waals surface area (Å²) in [6.45, 7) is 1.56. The first-order valence-corrected chi connectivity index (χ1v) is 8.79. The van der Waals surface area contributed by atoms with E-state index in [-0.39, 0.29) is 5.91 Å². The van der Waals surface area contributed by atoms with Crippen LogP contribution in [0.5, 0.6) is 0 Å². The molecule has 1 fully saturated rings. The first-order valence-electron chi connectivity index (χ1n) is 8.79. The van der Waals surface area contributed by atoms with E-state index in [0.29, 0.717) is 11.5 Å². The number of carbonyl (C=O) groups excluding carboxylic acids is 1. The maximum Gasteiger partial charge on any atom is 0.253 e. The molecular weight excluding hydrogens is 328 g/mol. The summed E-state index contributed by atoms with van der Waals surface area (Å²) in [6, 6.07) is 3.54. The van der Waals surface area contributed by atoms with Gasteiger partial charge in [0.2, 0.25) is 0 Å². The van der Waals surface area contributed by atoms with E-state index in [1.807, 2.05) is 11.1 Å². The summed E-state index contributed by atoms with van der Waals surface area (Å²) in [4.78, 5) is 34.7. The van der Waals surface area contributed by atoms with Crippen LogP contribution in [0.4, 0.5) is 0 Å². The number of likely N-dealkylation sites (tertiary alicyclic amines) is 1. The van der Waals surface area contributed by atoms with Crippen LogP contribution in [0.2, 0.25) is 0 Å². The number of hydrogen-bond donors (Lipinski definition) is 1. The third-order valence-electron chi connectivity index (χ3n) is 4.68. The molecule has 26 heavy (non-hydrogen) atoms. The lowest BCUT2D eigenvalue weighted by atomic mass is 9.93. The van der Waals surface area contributed by atoms with Crippen molar-refractivity contribution in [3.63, 3.8) is 0 Å². The number of H-pyrrole nitrogens is 1. The Labute approximate surface area is 151 Å². The molecule has 1 aliphatic heterocycles. The van der Waals surface area contributed by atoms with Crippen LogP contribution < -0.4 is 0 Å². The minimum atomic E-state index is 0.0800. The second kappa shape index (κ2) is 7.43. The summed E-state index contributed by atoms with van der Waals surface area (Å²) in [5.74, 6) is 1.20. The average Bonchev–Trinajstić information content (AvgIpc) is 3.24. The second-order valence-electron chi connectivity index (χ2n) is 6.53. The van der Waals surface area contributed by atoms with Crippen molar-refractivity contribution in [2.75, 3.05) is 13.1 Å². The molecule has 0 aromatic carbocycles. The van der Waals surface area contributed by atoms with Crippen LogP contribution in [0, 0.1) is 5.92 Å². The van der Waals surface area contributed by atoms with Gasteiger partial charge in [0, 0.05) is 49.6 Å². The molecular formula is C19H20N6O. The number of imidazole rings is 1. The predicted octanol–water partition coefficient (Wildman–Crippen LogP) is 2.36. The van der Waals surface area contributed by atoms with Gasteiger partial charge in [0.15, 0.2) is 5.82 Å². The van der Waals surface area contributed by atoms with E-state index < -0.39 is 0 Å². The number of aromatic amines is 1. The van der Waals surface area contributed by atoms with E-state index in [1.54, 1.807) is 43.1 Å². The summed E-state index contributed by atoms with van der Waals surface area (Å²) in [5, 5.41) is 0. The first kappa shape index (κ1) is 16.4. The molecule has 3 aromatic heterocycles. The van der Waals surface area contributed by atoms with Gasteiger partial charge in [-0.1, -0.05) is 0 Å². The highest BCUT2D eigenvalue weighted by Gasteiger charge is 2.25. The van der Waals surface area contributed by atoms with Gasteiger partial charge < -0.3 is 9.88 Å². The fraction of sp³-hybridized carbons (Fsp3) is 0.316. The number of nitrogens with one attached hydrogen (secondary N) is 1. The van der Waals surface area contributed by atoms with Gasteiger partial charge in [-0.3, -0.25) is 14.8 Å². The molecule has 7 heteroatoms. The zero-order valence-electron chi connectivity index (χ0n) is 14.4. The third-order valence-corrected chi connectivity index (χ3v) is 4.68. The van der Waals surface area contributed by atoms with Gasteiger partial charge in [-0.25, -0.2) is 9.97 Å². The van der Waals surface area contributed by atoms with Crippen molar-refractivity contribution < 1.29 is 4.79 Å². The standard InChI is InChI=1S/C19H20N6O/c26-19(15-3-5-20-6-4-15)25-9-1-2-14(13-25)10-16-11-24-17(12-23-16)18-21-7-8-22-18/h3-8,11-12,14H,1-2,9-10,13H2,(H,21,22)/t14-/m1/s1. The molecule has 0 aliphatic carbocycles. The number of pyridine rings is 1. The van der Waals surface area contributed by atoms with Gasteiger partial charge in [0.05, 0.1) is 11.9 Å². The summed E-state index contributed by atoms with van der Waals surface area (Å²) in [6.07, 6.45) is 13.3. The van der Waals surface area contributed by atoms with Crippen LogP contribution in [0.1, 0.15) is 28.9 Å². The number of carbonyl (C=O) groups is 1. The summed E-state index contributed by atoms with van der Waals surface area (Å²) >= 11 is 0. The maximum atomic E-state index is 12.6. The number of piperidine rings is 1. The molecule has 4 heterocycles. The molecule has 1 amide bonds. The Balaban J connectivity index is 1.40. The Kier molecular flexibility index (Phi) is 4.68. The number of hydrogen-bond acceptors (Lipinski definition) is 5. The van der Waals surface area contributed by atoms with E-state index in [2.05, 4.69) is 24.9 Å². The maximum absolute atomic E-state index is 12.6. The topological polar surface area (TPSA) is 87.7 Å². The second-order valence-corrected chi connectivity index (χ2v) is 6.53. The minimum absolute atomic E-state index is 0.0800. The number of aromatic nitrogens is 5. The lowest BCUT2D eigenvalue weighted by molar-refractivity contribution is 0.0672. The smallest absolute Gasteiger partial charge is 0.253 e. The Morgan fingerprint density at radius 1 is 1.15 bits per heavy atom. The Morgan fingerprint density at radius 3 is 2.77 bits per heavy atom. The molecule has 0 radical (unpaired) electrons. The van der Waals surface area contributed by atoms with E-state index in [0.717, 1.165) is 49.6 Å². The quantitative estimate of drug-likeness (QED) is 0.782. The number of nitrogens with zero attached hydrogens (tertiary/aromatic N) is 5. The monoisotopic (exact) mass is 348 g/mol. The van der Waals surface area contributed by atoms with Crippen LogP contribution in [0.25, 0.3) is 11.5 Å². The highest BCUT2D eigenvalue weighted by atomic mass is 16.2. The van der Waals surface area contributed by atoms with E-state index in [9.17, 15) is 4.79 Å². The lowest BCUT2D eigenvalue weighted by Crippen LogP contribution is -2.40. The zero-order valence-corrected chi connectivity index (χ0v) is 14.4. The first-order chi connectivity index (χ1) is 12.8. The van der Waals surface area contributed by atoms with Crippen LogP contribution >= 0.6 is 0 Å². The fourth-order valence-corrected chi connectivity index (χ4v) is 3.38. The van der Waals surface area contributed by atoms with Crippen molar-refractivity contribution in [1.29, 1.82) is 0 Å². The minimum Gasteiger partial charge on any atom is -0.343 e. The van der Waals surface area contributed by atoms with E-state index in [4.69, 9.17) is 0 Å². The van der Waals surface area contributed by atoms with E-state index >= 15 is 0 Å². The van der Waals surface area contributed by atoms with Crippen molar-refractivity contribution >= 4 is 5.91 Å². The SMILES string of the molecule is O=C(c1ccncc1)N1CCC[C@H](Cc2cnc(-c3ncc[nH]3)cn2)C1. The van der Waals surface area contributed by atoms with Gasteiger partial charge in [-0.2, -0.15) is 0 Å². The highest BCUT2D eigenvalue weighted by molar-refractivity contribution is 5.94. The normalized spacial score (nSPS) is 17.2. The summed E-state index contributed by atoms with van der Waals surface area (Å²) in [5.41, 5.74) is 2.38. The summed E-state index contributed by atoms with van der Waals surface area (Å²) in [7, 11) is 0. The number of rotatable bonds is 4. The fourth-order valence-electron chi connectivity index (χ4n) is 3.38. The molecule has 0 saturated carbocycles. The van der Waals surface area contributed by atoms with Gasteiger partial charge >= 0.3 is 0 Å². The van der Waals surface area contributed by atoms with Crippen LogP contribution in [0.3, 0.4) is 0 Å². The van der Waals surface area contributed by atoms with Crippen molar-refractivity contribution in [3.8, 4) is 11.5 Å². The molecule has 1 atom stereocenters. The zero-order chi connectivity index (χ0) is 17.8.